The maximum absolute atomic E-state index is 12.5. The molecule has 10 nitrogen and oxygen atoms in total. The van der Waals surface area contributed by atoms with E-state index in [2.05, 4.69) is 38.8 Å². The van der Waals surface area contributed by atoms with Crippen molar-refractivity contribution in [3.63, 3.8) is 0 Å². The van der Waals surface area contributed by atoms with Crippen LogP contribution in [0.1, 0.15) is 32.1 Å². The molecular weight excluding hydrogens is 530 g/mol. The first kappa shape index (κ1) is 27.7. The van der Waals surface area contributed by atoms with Crippen LogP contribution in [0, 0.1) is 0 Å². The van der Waals surface area contributed by atoms with E-state index in [0.29, 0.717) is 5.82 Å². The molecule has 10 heteroatoms. The van der Waals surface area contributed by atoms with Gasteiger partial charge in [-0.15, -0.1) is 0 Å². The molecule has 0 aliphatic carbocycles. The lowest BCUT2D eigenvalue weighted by molar-refractivity contribution is -0.115. The van der Waals surface area contributed by atoms with Gasteiger partial charge in [-0.25, -0.2) is 4.98 Å². The lowest BCUT2D eigenvalue weighted by Gasteiger charge is -2.26. The van der Waals surface area contributed by atoms with Gasteiger partial charge in [0.2, 0.25) is 5.91 Å². The molecule has 5 aromatic rings. The van der Waals surface area contributed by atoms with Crippen LogP contribution in [0.5, 0.6) is 0 Å². The number of rotatable bonds is 8. The third kappa shape index (κ3) is 6.56. The Hall–Kier alpha value is -4.41. The largest absolute Gasteiger partial charge is 0.379 e. The first-order valence-corrected chi connectivity index (χ1v) is 14.3. The number of benzene rings is 2. The zero-order valence-corrected chi connectivity index (χ0v) is 24.2. The Bertz CT molecular complexity index is 1680. The molecule has 0 spiro atoms. The van der Waals surface area contributed by atoms with E-state index in [9.17, 15) is 4.79 Å². The summed E-state index contributed by atoms with van der Waals surface area (Å²) >= 11 is 0. The number of nitrogens with zero attached hydrogens (tertiary/aromatic N) is 6. The van der Waals surface area contributed by atoms with E-state index >= 15 is 0 Å². The van der Waals surface area contributed by atoms with Gasteiger partial charge in [-0.1, -0.05) is 56.3 Å². The van der Waals surface area contributed by atoms with Gasteiger partial charge in [0.1, 0.15) is 5.76 Å². The molecule has 1 aliphatic rings. The number of amides is 1. The highest BCUT2D eigenvalue weighted by Gasteiger charge is 2.20. The number of aromatic nitrogens is 5. The molecule has 1 fully saturated rings. The Labute approximate surface area is 244 Å². The van der Waals surface area contributed by atoms with Crippen molar-refractivity contribution in [2.24, 2.45) is 0 Å². The van der Waals surface area contributed by atoms with Crippen LogP contribution < -0.4 is 5.32 Å². The van der Waals surface area contributed by atoms with E-state index < -0.39 is 0 Å². The van der Waals surface area contributed by atoms with Gasteiger partial charge >= 0.3 is 0 Å². The van der Waals surface area contributed by atoms with E-state index in [4.69, 9.17) is 19.2 Å². The maximum Gasteiger partial charge on any atom is 0.230 e. The number of carbonyl (C=O) groups excluding carboxylic acids is 1. The van der Waals surface area contributed by atoms with Crippen molar-refractivity contribution in [2.45, 2.75) is 39.2 Å². The number of nitrogens with one attached hydrogen (secondary N) is 1. The highest BCUT2D eigenvalue weighted by molar-refractivity contribution is 5.91. The standard InChI is InChI=1S/C32H35N7O3/c1-32(2,3)29-18-30(37-42-29)36-31(40)16-22-4-6-23(7-5-22)28-20-33-27-17-24(8-9-26(27)35-28)25-19-34-39(21-25)11-10-38-12-14-41-15-13-38/h4-9,17-21H,10-16H2,1-3H3,(H,36,37,40). The average molecular weight is 566 g/mol. The molecule has 0 radical (unpaired) electrons. The average Bonchev–Trinajstić information content (AvgIpc) is 3.67. The van der Waals surface area contributed by atoms with Gasteiger partial charge < -0.3 is 14.6 Å². The predicted molar refractivity (Wildman–Crippen MR) is 161 cm³/mol. The first-order chi connectivity index (χ1) is 20.3. The van der Waals surface area contributed by atoms with E-state index in [1.165, 1.54) is 0 Å². The van der Waals surface area contributed by atoms with Gasteiger partial charge in [-0.05, 0) is 23.3 Å². The molecule has 1 amide bonds. The summed E-state index contributed by atoms with van der Waals surface area (Å²) in [4.78, 5) is 24.5. The van der Waals surface area contributed by atoms with Crippen molar-refractivity contribution >= 4 is 22.8 Å². The molecule has 3 aromatic heterocycles. The normalized spacial score (nSPS) is 14.4. The lowest BCUT2D eigenvalue weighted by atomic mass is 9.93. The Balaban J connectivity index is 1.08. The molecule has 1 N–H and O–H groups in total. The summed E-state index contributed by atoms with van der Waals surface area (Å²) in [6.07, 6.45) is 6.00. The number of anilines is 1. The molecule has 216 valence electrons. The van der Waals surface area contributed by atoms with E-state index in [-0.39, 0.29) is 17.7 Å². The molecule has 6 rings (SSSR count). The number of fused-ring (bicyclic) bond motifs is 1. The minimum absolute atomic E-state index is 0.152. The highest BCUT2D eigenvalue weighted by Crippen LogP contribution is 2.26. The van der Waals surface area contributed by atoms with Gasteiger partial charge in [0.15, 0.2) is 5.82 Å². The number of hydrogen-bond acceptors (Lipinski definition) is 8. The third-order valence-electron chi connectivity index (χ3n) is 7.39. The molecule has 1 saturated heterocycles. The van der Waals surface area contributed by atoms with Crippen molar-refractivity contribution in [1.82, 2.24) is 29.8 Å². The minimum atomic E-state index is -0.173. The quantitative estimate of drug-likeness (QED) is 0.281. The summed E-state index contributed by atoms with van der Waals surface area (Å²) in [6, 6.07) is 15.7. The predicted octanol–water partition coefficient (Wildman–Crippen LogP) is 4.96. The summed E-state index contributed by atoms with van der Waals surface area (Å²) in [5.74, 6) is 0.996. The van der Waals surface area contributed by atoms with Gasteiger partial charge in [-0.2, -0.15) is 5.10 Å². The SMILES string of the molecule is CC(C)(C)c1cc(NC(=O)Cc2ccc(-c3cnc4cc(-c5cnn(CCN6CCOCC6)c5)ccc4n3)cc2)no1. The third-order valence-corrected chi connectivity index (χ3v) is 7.39. The molecule has 0 bridgehead atoms. The Morgan fingerprint density at radius 1 is 0.929 bits per heavy atom. The summed E-state index contributed by atoms with van der Waals surface area (Å²) < 4.78 is 12.8. The van der Waals surface area contributed by atoms with Gasteiger partial charge in [0.05, 0.1) is 55.3 Å². The second kappa shape index (κ2) is 11.8. The lowest BCUT2D eigenvalue weighted by Crippen LogP contribution is -2.38. The topological polar surface area (TPSA) is 111 Å². The Kier molecular flexibility index (Phi) is 7.82. The van der Waals surface area contributed by atoms with Crippen LogP contribution in [0.3, 0.4) is 0 Å². The van der Waals surface area contributed by atoms with Crippen molar-refractivity contribution in [3.8, 4) is 22.4 Å². The Morgan fingerprint density at radius 3 is 2.48 bits per heavy atom. The Morgan fingerprint density at radius 2 is 1.71 bits per heavy atom. The van der Waals surface area contributed by atoms with Crippen LogP contribution in [0.15, 0.2) is 71.6 Å². The first-order valence-electron chi connectivity index (χ1n) is 14.3. The monoisotopic (exact) mass is 565 g/mol. The maximum atomic E-state index is 12.5. The number of morpholine rings is 1. The zero-order chi connectivity index (χ0) is 29.1. The molecule has 1 aliphatic heterocycles. The summed E-state index contributed by atoms with van der Waals surface area (Å²) in [7, 11) is 0. The molecule has 2 aromatic carbocycles. The van der Waals surface area contributed by atoms with Crippen LogP contribution in [0.2, 0.25) is 0 Å². The fourth-order valence-corrected chi connectivity index (χ4v) is 4.89. The van der Waals surface area contributed by atoms with Gasteiger partial charge in [0.25, 0.3) is 0 Å². The summed E-state index contributed by atoms with van der Waals surface area (Å²) in [5.41, 5.74) is 6.19. The summed E-state index contributed by atoms with van der Waals surface area (Å²) in [6.45, 7) is 11.5. The number of ether oxygens (including phenoxy) is 1. The van der Waals surface area contributed by atoms with Crippen molar-refractivity contribution in [3.05, 3.63) is 78.4 Å². The molecule has 0 saturated carbocycles. The van der Waals surface area contributed by atoms with Crippen molar-refractivity contribution in [2.75, 3.05) is 38.2 Å². The number of hydrogen-bond donors (Lipinski definition) is 1. The van der Waals surface area contributed by atoms with Crippen LogP contribution >= 0.6 is 0 Å². The van der Waals surface area contributed by atoms with E-state index in [1.54, 1.807) is 12.3 Å². The van der Waals surface area contributed by atoms with E-state index in [1.807, 2.05) is 62.0 Å². The smallest absolute Gasteiger partial charge is 0.230 e. The van der Waals surface area contributed by atoms with Crippen molar-refractivity contribution < 1.29 is 14.1 Å². The zero-order valence-electron chi connectivity index (χ0n) is 24.2. The van der Waals surface area contributed by atoms with Gasteiger partial charge in [-0.3, -0.25) is 19.4 Å². The molecule has 42 heavy (non-hydrogen) atoms. The van der Waals surface area contributed by atoms with Crippen molar-refractivity contribution in [1.29, 1.82) is 0 Å². The second-order valence-corrected chi connectivity index (χ2v) is 11.7. The highest BCUT2D eigenvalue weighted by atomic mass is 16.5. The summed E-state index contributed by atoms with van der Waals surface area (Å²) in [5, 5.41) is 11.3. The fraction of sp³-hybridized carbons (Fsp3) is 0.344. The molecule has 0 atom stereocenters. The van der Waals surface area contributed by atoms with Crippen LogP contribution in [0.4, 0.5) is 5.82 Å². The van der Waals surface area contributed by atoms with Crippen LogP contribution in [0.25, 0.3) is 33.4 Å². The number of carbonyl (C=O) groups is 1. The minimum Gasteiger partial charge on any atom is -0.379 e. The van der Waals surface area contributed by atoms with Gasteiger partial charge in [0, 0.05) is 48.4 Å². The fourth-order valence-electron chi connectivity index (χ4n) is 4.89. The molecular formula is C32H35N7O3. The molecule has 0 unspecified atom stereocenters. The van der Waals surface area contributed by atoms with E-state index in [0.717, 1.165) is 84.1 Å². The molecule has 4 heterocycles. The van der Waals surface area contributed by atoms with Crippen LogP contribution in [-0.2, 0) is 27.9 Å². The van der Waals surface area contributed by atoms with Crippen LogP contribution in [-0.4, -0.2) is 68.6 Å². The second-order valence-electron chi connectivity index (χ2n) is 11.7.